The number of phenolic OH excluding ortho intramolecular Hbond substituents is 1. The molecule has 0 aromatic heterocycles. The van der Waals surface area contributed by atoms with Crippen LogP contribution in [0.5, 0.6) is 5.75 Å². The number of rotatable bonds is 0. The van der Waals surface area contributed by atoms with Crippen molar-refractivity contribution in [3.05, 3.63) is 23.3 Å². The van der Waals surface area contributed by atoms with Crippen LogP contribution in [0, 0.1) is 6.92 Å². The monoisotopic (exact) mass is 205 g/mol. The molecule has 0 spiro atoms. The number of fused-ring (bicyclic) bond motifs is 1. The summed E-state index contributed by atoms with van der Waals surface area (Å²) in [5.74, 6) is 0.382. The van der Waals surface area contributed by atoms with Gasteiger partial charge in [-0.2, -0.15) is 0 Å². The van der Waals surface area contributed by atoms with Gasteiger partial charge in [-0.25, -0.2) is 0 Å². The number of aromatic hydroxyl groups is 1. The minimum absolute atomic E-state index is 0.122. The van der Waals surface area contributed by atoms with Crippen molar-refractivity contribution in [1.29, 1.82) is 0 Å². The van der Waals surface area contributed by atoms with Crippen molar-refractivity contribution >= 4 is 11.6 Å². The van der Waals surface area contributed by atoms with Gasteiger partial charge in [-0.05, 0) is 30.9 Å². The first-order valence-electron chi connectivity index (χ1n) is 5.18. The van der Waals surface area contributed by atoms with E-state index in [0.29, 0.717) is 6.42 Å². The lowest BCUT2D eigenvalue weighted by molar-refractivity contribution is -0.118. The van der Waals surface area contributed by atoms with E-state index in [1.807, 2.05) is 13.0 Å². The quantitative estimate of drug-likeness (QED) is 0.703. The fraction of sp³-hybridized carbons (Fsp3) is 0.417. The van der Waals surface area contributed by atoms with Crippen molar-refractivity contribution in [2.75, 3.05) is 11.9 Å². The summed E-state index contributed by atoms with van der Waals surface area (Å²) in [4.78, 5) is 13.3. The number of anilines is 1. The van der Waals surface area contributed by atoms with Crippen LogP contribution in [0.2, 0.25) is 0 Å². The lowest BCUT2D eigenvalue weighted by atomic mass is 10.0. The van der Waals surface area contributed by atoms with Gasteiger partial charge in [0.25, 0.3) is 0 Å². The third-order valence-electron chi connectivity index (χ3n) is 2.97. The molecule has 1 aromatic rings. The highest BCUT2D eigenvalue weighted by atomic mass is 16.3. The third-order valence-corrected chi connectivity index (χ3v) is 2.97. The molecule has 0 atom stereocenters. The highest BCUT2D eigenvalue weighted by Crippen LogP contribution is 2.31. The summed E-state index contributed by atoms with van der Waals surface area (Å²) in [5, 5.41) is 9.63. The maximum absolute atomic E-state index is 11.6. The second-order valence-corrected chi connectivity index (χ2v) is 4.07. The Balaban J connectivity index is 2.54. The van der Waals surface area contributed by atoms with Crippen molar-refractivity contribution in [2.45, 2.75) is 26.2 Å². The van der Waals surface area contributed by atoms with Gasteiger partial charge in [-0.3, -0.25) is 4.79 Å². The van der Waals surface area contributed by atoms with Crippen LogP contribution in [0.25, 0.3) is 0 Å². The summed E-state index contributed by atoms with van der Waals surface area (Å²) < 4.78 is 0. The fourth-order valence-electron chi connectivity index (χ4n) is 1.99. The molecule has 0 radical (unpaired) electrons. The number of hydrogen-bond acceptors (Lipinski definition) is 2. The van der Waals surface area contributed by atoms with Gasteiger partial charge in [0.15, 0.2) is 0 Å². The molecule has 3 nitrogen and oxygen atoms in total. The number of aryl methyl sites for hydroxylation is 2. The Morgan fingerprint density at radius 2 is 2.07 bits per heavy atom. The average molecular weight is 205 g/mol. The maximum Gasteiger partial charge on any atom is 0.226 e. The van der Waals surface area contributed by atoms with Crippen LogP contribution in [0.15, 0.2) is 12.1 Å². The number of carbonyl (C=O) groups excluding carboxylic acids is 1. The predicted octanol–water partition coefficient (Wildman–Crippen LogP) is 2.00. The Bertz CT molecular complexity index is 412. The largest absolute Gasteiger partial charge is 0.508 e. The molecule has 1 heterocycles. The molecular formula is C12H15NO2. The van der Waals surface area contributed by atoms with Gasteiger partial charge in [0, 0.05) is 19.5 Å². The molecular weight excluding hydrogens is 190 g/mol. The summed E-state index contributed by atoms with van der Waals surface area (Å²) in [5.41, 5.74) is 2.87. The molecule has 1 aliphatic rings. The molecule has 3 heteroatoms. The lowest BCUT2D eigenvalue weighted by Crippen LogP contribution is -2.24. The highest BCUT2D eigenvalue weighted by Gasteiger charge is 2.19. The van der Waals surface area contributed by atoms with Gasteiger partial charge < -0.3 is 10.0 Å². The predicted molar refractivity (Wildman–Crippen MR) is 59.2 cm³/mol. The molecule has 0 saturated carbocycles. The van der Waals surface area contributed by atoms with Gasteiger partial charge in [0.2, 0.25) is 5.91 Å². The van der Waals surface area contributed by atoms with E-state index in [0.717, 1.165) is 29.7 Å². The van der Waals surface area contributed by atoms with Gasteiger partial charge in [0.1, 0.15) is 5.75 Å². The van der Waals surface area contributed by atoms with Crippen molar-refractivity contribution in [2.24, 2.45) is 0 Å². The number of nitrogens with zero attached hydrogens (tertiary/aromatic N) is 1. The maximum atomic E-state index is 11.6. The van der Waals surface area contributed by atoms with Crippen LogP contribution in [0.1, 0.15) is 24.0 Å². The zero-order valence-electron chi connectivity index (χ0n) is 9.08. The molecule has 0 bridgehead atoms. The van der Waals surface area contributed by atoms with E-state index in [9.17, 15) is 9.90 Å². The molecule has 1 amide bonds. The number of phenols is 1. The van der Waals surface area contributed by atoms with E-state index < -0.39 is 0 Å². The standard InChI is InChI=1S/C12H15NO2/c1-8-6-9-4-3-5-12(15)13(2)10(9)7-11(8)14/h6-7,14H,3-5H2,1-2H3. The summed E-state index contributed by atoms with van der Waals surface area (Å²) in [6.07, 6.45) is 2.39. The van der Waals surface area contributed by atoms with Crippen LogP contribution in [-0.4, -0.2) is 18.1 Å². The molecule has 1 N–H and O–H groups in total. The van der Waals surface area contributed by atoms with Gasteiger partial charge >= 0.3 is 0 Å². The minimum atomic E-state index is 0.122. The molecule has 2 rings (SSSR count). The molecule has 0 saturated heterocycles. The van der Waals surface area contributed by atoms with Crippen LogP contribution in [0.3, 0.4) is 0 Å². The second kappa shape index (κ2) is 3.57. The van der Waals surface area contributed by atoms with E-state index >= 15 is 0 Å². The average Bonchev–Trinajstić information content (AvgIpc) is 2.32. The van der Waals surface area contributed by atoms with E-state index in [1.165, 1.54) is 0 Å². The highest BCUT2D eigenvalue weighted by molar-refractivity contribution is 5.94. The molecule has 0 aliphatic carbocycles. The van der Waals surface area contributed by atoms with Crippen LogP contribution in [0.4, 0.5) is 5.69 Å². The fourth-order valence-corrected chi connectivity index (χ4v) is 1.99. The Morgan fingerprint density at radius 1 is 1.33 bits per heavy atom. The summed E-state index contributed by atoms with van der Waals surface area (Å²) >= 11 is 0. The number of amides is 1. The van der Waals surface area contributed by atoms with Gasteiger partial charge in [0.05, 0.1) is 5.69 Å². The van der Waals surface area contributed by atoms with Crippen molar-refractivity contribution < 1.29 is 9.90 Å². The first-order valence-corrected chi connectivity index (χ1v) is 5.18. The minimum Gasteiger partial charge on any atom is -0.508 e. The molecule has 15 heavy (non-hydrogen) atoms. The number of carbonyl (C=O) groups is 1. The molecule has 0 unspecified atom stereocenters. The molecule has 0 fully saturated rings. The zero-order chi connectivity index (χ0) is 11.0. The Morgan fingerprint density at radius 3 is 2.80 bits per heavy atom. The normalized spacial score (nSPS) is 16.1. The van der Waals surface area contributed by atoms with Crippen molar-refractivity contribution in [3.63, 3.8) is 0 Å². The second-order valence-electron chi connectivity index (χ2n) is 4.07. The van der Waals surface area contributed by atoms with Crippen molar-refractivity contribution in [1.82, 2.24) is 0 Å². The summed E-state index contributed by atoms with van der Waals surface area (Å²) in [6.45, 7) is 1.88. The smallest absolute Gasteiger partial charge is 0.226 e. The first-order chi connectivity index (χ1) is 7.09. The first kappa shape index (κ1) is 10.0. The zero-order valence-corrected chi connectivity index (χ0v) is 9.08. The van der Waals surface area contributed by atoms with Gasteiger partial charge in [-0.1, -0.05) is 6.07 Å². The molecule has 1 aliphatic heterocycles. The number of hydrogen-bond donors (Lipinski definition) is 1. The van der Waals surface area contributed by atoms with Crippen LogP contribution >= 0.6 is 0 Å². The topological polar surface area (TPSA) is 40.5 Å². The molecule has 1 aromatic carbocycles. The lowest BCUT2D eigenvalue weighted by Gasteiger charge is -2.18. The van der Waals surface area contributed by atoms with E-state index in [1.54, 1.807) is 18.0 Å². The third kappa shape index (κ3) is 1.69. The Hall–Kier alpha value is -1.51. The summed E-state index contributed by atoms with van der Waals surface area (Å²) in [6, 6.07) is 3.66. The van der Waals surface area contributed by atoms with Crippen LogP contribution < -0.4 is 4.90 Å². The SMILES string of the molecule is Cc1cc2c(cc1O)N(C)C(=O)CCC2. The Labute approximate surface area is 89.3 Å². The molecule has 80 valence electrons. The van der Waals surface area contributed by atoms with E-state index in [4.69, 9.17) is 0 Å². The van der Waals surface area contributed by atoms with Gasteiger partial charge in [-0.15, -0.1) is 0 Å². The summed E-state index contributed by atoms with van der Waals surface area (Å²) in [7, 11) is 1.77. The number of benzene rings is 1. The van der Waals surface area contributed by atoms with E-state index in [-0.39, 0.29) is 11.7 Å². The van der Waals surface area contributed by atoms with Crippen LogP contribution in [-0.2, 0) is 11.2 Å². The Kier molecular flexibility index (Phi) is 2.39. The van der Waals surface area contributed by atoms with E-state index in [2.05, 4.69) is 0 Å². The van der Waals surface area contributed by atoms with Crippen molar-refractivity contribution in [3.8, 4) is 5.75 Å².